The fourth-order valence-corrected chi connectivity index (χ4v) is 1.53. The van der Waals surface area contributed by atoms with Gasteiger partial charge in [0.2, 0.25) is 5.91 Å². The second kappa shape index (κ2) is 6.64. The van der Waals surface area contributed by atoms with Crippen molar-refractivity contribution in [1.29, 1.82) is 0 Å². The molecule has 98 valence electrons. The van der Waals surface area contributed by atoms with Crippen molar-refractivity contribution >= 4 is 11.9 Å². The highest BCUT2D eigenvalue weighted by Gasteiger charge is 2.18. The standard InChI is InChI=1S/C13H19N3O2/c1-10(2)16(9-12(14)17)13(18)15-8-11-6-4-3-5-7-11/h3-7,10H,8-9H2,1-2H3,(H2,14,17)(H,15,18). The largest absolute Gasteiger partial charge is 0.368 e. The molecule has 0 saturated carbocycles. The van der Waals surface area contributed by atoms with Gasteiger partial charge in [-0.2, -0.15) is 0 Å². The van der Waals surface area contributed by atoms with Gasteiger partial charge >= 0.3 is 6.03 Å². The van der Waals surface area contributed by atoms with Crippen LogP contribution in [0.4, 0.5) is 4.79 Å². The number of carbonyl (C=O) groups excluding carboxylic acids is 2. The molecule has 0 aromatic heterocycles. The van der Waals surface area contributed by atoms with Crippen LogP contribution in [0.15, 0.2) is 30.3 Å². The van der Waals surface area contributed by atoms with Gasteiger partial charge in [-0.1, -0.05) is 30.3 Å². The monoisotopic (exact) mass is 249 g/mol. The van der Waals surface area contributed by atoms with E-state index in [0.29, 0.717) is 6.54 Å². The zero-order chi connectivity index (χ0) is 13.5. The van der Waals surface area contributed by atoms with Crippen LogP contribution in [0.5, 0.6) is 0 Å². The van der Waals surface area contributed by atoms with Gasteiger partial charge in [0.05, 0.1) is 0 Å². The molecule has 0 aliphatic carbocycles. The first kappa shape index (κ1) is 14.0. The average molecular weight is 249 g/mol. The van der Waals surface area contributed by atoms with E-state index in [-0.39, 0.29) is 18.6 Å². The van der Waals surface area contributed by atoms with E-state index in [1.54, 1.807) is 0 Å². The summed E-state index contributed by atoms with van der Waals surface area (Å²) in [5.74, 6) is -0.515. The molecule has 0 heterocycles. The molecule has 0 spiro atoms. The SMILES string of the molecule is CC(C)N(CC(N)=O)C(=O)NCc1ccccc1. The summed E-state index contributed by atoms with van der Waals surface area (Å²) in [4.78, 5) is 24.2. The third-order valence-corrected chi connectivity index (χ3v) is 2.50. The first-order valence-corrected chi connectivity index (χ1v) is 5.87. The maximum atomic E-state index is 11.9. The topological polar surface area (TPSA) is 75.4 Å². The summed E-state index contributed by atoms with van der Waals surface area (Å²) < 4.78 is 0. The van der Waals surface area contributed by atoms with E-state index in [1.165, 1.54) is 4.90 Å². The summed E-state index contributed by atoms with van der Waals surface area (Å²) in [7, 11) is 0. The molecule has 0 fully saturated rings. The minimum absolute atomic E-state index is 0.0711. The van der Waals surface area contributed by atoms with E-state index in [1.807, 2.05) is 44.2 Å². The predicted molar refractivity (Wildman–Crippen MR) is 69.7 cm³/mol. The normalized spacial score (nSPS) is 10.2. The number of rotatable bonds is 5. The molecule has 1 aromatic rings. The Balaban J connectivity index is 2.54. The number of nitrogens with zero attached hydrogens (tertiary/aromatic N) is 1. The Morgan fingerprint density at radius 1 is 1.28 bits per heavy atom. The highest BCUT2D eigenvalue weighted by molar-refractivity contribution is 5.83. The van der Waals surface area contributed by atoms with Crippen molar-refractivity contribution in [1.82, 2.24) is 10.2 Å². The molecule has 0 aliphatic rings. The molecule has 18 heavy (non-hydrogen) atoms. The van der Waals surface area contributed by atoms with Gasteiger partial charge in [0.15, 0.2) is 0 Å². The summed E-state index contributed by atoms with van der Waals surface area (Å²) in [5.41, 5.74) is 6.12. The number of hydrogen-bond donors (Lipinski definition) is 2. The predicted octanol–water partition coefficient (Wildman–Crippen LogP) is 1.09. The zero-order valence-corrected chi connectivity index (χ0v) is 10.7. The van der Waals surface area contributed by atoms with E-state index in [0.717, 1.165) is 5.56 Å². The molecule has 0 radical (unpaired) electrons. The van der Waals surface area contributed by atoms with E-state index in [4.69, 9.17) is 5.73 Å². The molecule has 0 atom stereocenters. The number of primary amides is 1. The van der Waals surface area contributed by atoms with Crippen LogP contribution in [0.2, 0.25) is 0 Å². The van der Waals surface area contributed by atoms with Crippen LogP contribution >= 0.6 is 0 Å². The van der Waals surface area contributed by atoms with Crippen LogP contribution in [0.1, 0.15) is 19.4 Å². The molecule has 5 nitrogen and oxygen atoms in total. The molecule has 3 amide bonds. The van der Waals surface area contributed by atoms with Crippen LogP contribution in [-0.2, 0) is 11.3 Å². The summed E-state index contributed by atoms with van der Waals surface area (Å²) in [6.45, 7) is 4.04. The van der Waals surface area contributed by atoms with E-state index >= 15 is 0 Å². The van der Waals surface area contributed by atoms with Gasteiger partial charge in [-0.15, -0.1) is 0 Å². The second-order valence-electron chi connectivity index (χ2n) is 4.33. The number of benzene rings is 1. The molecule has 3 N–H and O–H groups in total. The van der Waals surface area contributed by atoms with Crippen molar-refractivity contribution in [3.8, 4) is 0 Å². The van der Waals surface area contributed by atoms with Gasteiger partial charge in [0, 0.05) is 12.6 Å². The molecule has 5 heteroatoms. The molecule has 0 aliphatic heterocycles. The number of hydrogen-bond acceptors (Lipinski definition) is 2. The molecular weight excluding hydrogens is 230 g/mol. The molecular formula is C13H19N3O2. The lowest BCUT2D eigenvalue weighted by Gasteiger charge is -2.25. The minimum atomic E-state index is -0.515. The van der Waals surface area contributed by atoms with Gasteiger partial charge in [-0.25, -0.2) is 4.79 Å². The summed E-state index contributed by atoms with van der Waals surface area (Å²) in [5, 5.41) is 2.76. The number of carbonyl (C=O) groups is 2. The molecule has 0 unspecified atom stereocenters. The van der Waals surface area contributed by atoms with Crippen LogP contribution in [0, 0.1) is 0 Å². The Morgan fingerprint density at radius 2 is 1.89 bits per heavy atom. The van der Waals surface area contributed by atoms with Gasteiger partial charge < -0.3 is 16.0 Å². The highest BCUT2D eigenvalue weighted by Crippen LogP contribution is 2.01. The lowest BCUT2D eigenvalue weighted by molar-refractivity contribution is -0.118. The Kier molecular flexibility index (Phi) is 5.17. The number of amides is 3. The first-order chi connectivity index (χ1) is 8.50. The van der Waals surface area contributed by atoms with Gasteiger partial charge in [0.25, 0.3) is 0 Å². The van der Waals surface area contributed by atoms with Crippen molar-refractivity contribution in [2.24, 2.45) is 5.73 Å². The summed E-state index contributed by atoms with van der Waals surface area (Å²) in [6, 6.07) is 9.22. The number of nitrogens with one attached hydrogen (secondary N) is 1. The Hall–Kier alpha value is -2.04. The lowest BCUT2D eigenvalue weighted by Crippen LogP contribution is -2.47. The fourth-order valence-electron chi connectivity index (χ4n) is 1.53. The minimum Gasteiger partial charge on any atom is -0.368 e. The zero-order valence-electron chi connectivity index (χ0n) is 10.7. The maximum absolute atomic E-state index is 11.9. The number of nitrogens with two attached hydrogens (primary N) is 1. The Bertz CT molecular complexity index is 404. The third-order valence-electron chi connectivity index (χ3n) is 2.50. The Labute approximate surface area is 107 Å². The maximum Gasteiger partial charge on any atom is 0.318 e. The van der Waals surface area contributed by atoms with Crippen molar-refractivity contribution in [2.45, 2.75) is 26.4 Å². The third kappa shape index (κ3) is 4.45. The van der Waals surface area contributed by atoms with Gasteiger partial charge in [0.1, 0.15) is 6.54 Å². The smallest absolute Gasteiger partial charge is 0.318 e. The summed E-state index contributed by atoms with van der Waals surface area (Å²) >= 11 is 0. The van der Waals surface area contributed by atoms with E-state index < -0.39 is 5.91 Å². The molecule has 1 rings (SSSR count). The van der Waals surface area contributed by atoms with Crippen molar-refractivity contribution in [3.05, 3.63) is 35.9 Å². The van der Waals surface area contributed by atoms with E-state index in [2.05, 4.69) is 5.32 Å². The van der Waals surface area contributed by atoms with Crippen molar-refractivity contribution in [3.63, 3.8) is 0 Å². The van der Waals surface area contributed by atoms with Crippen LogP contribution < -0.4 is 11.1 Å². The van der Waals surface area contributed by atoms with Crippen molar-refractivity contribution < 1.29 is 9.59 Å². The Morgan fingerprint density at radius 3 is 2.39 bits per heavy atom. The molecule has 0 saturated heterocycles. The first-order valence-electron chi connectivity index (χ1n) is 5.87. The molecule has 0 bridgehead atoms. The quantitative estimate of drug-likeness (QED) is 0.819. The van der Waals surface area contributed by atoms with Crippen LogP contribution in [-0.4, -0.2) is 29.4 Å². The highest BCUT2D eigenvalue weighted by atomic mass is 16.2. The average Bonchev–Trinajstić information content (AvgIpc) is 2.34. The van der Waals surface area contributed by atoms with Gasteiger partial charge in [-0.05, 0) is 19.4 Å². The lowest BCUT2D eigenvalue weighted by atomic mass is 10.2. The molecule has 1 aromatic carbocycles. The summed E-state index contributed by atoms with van der Waals surface area (Å²) in [6.07, 6.45) is 0. The second-order valence-corrected chi connectivity index (χ2v) is 4.33. The van der Waals surface area contributed by atoms with Crippen LogP contribution in [0.25, 0.3) is 0 Å². The number of urea groups is 1. The fraction of sp³-hybridized carbons (Fsp3) is 0.385. The van der Waals surface area contributed by atoms with Crippen LogP contribution in [0.3, 0.4) is 0 Å². The van der Waals surface area contributed by atoms with E-state index in [9.17, 15) is 9.59 Å². The van der Waals surface area contributed by atoms with Gasteiger partial charge in [-0.3, -0.25) is 4.79 Å². The van der Waals surface area contributed by atoms with Crippen molar-refractivity contribution in [2.75, 3.05) is 6.54 Å².